The molecule has 0 spiro atoms. The van der Waals surface area contributed by atoms with E-state index in [4.69, 9.17) is 9.47 Å². The number of ether oxygens (including phenoxy) is 2. The predicted octanol–water partition coefficient (Wildman–Crippen LogP) is 4.11. The number of pyridine rings is 1. The first-order chi connectivity index (χ1) is 9.38. The Bertz CT molecular complexity index is 688. The summed E-state index contributed by atoms with van der Waals surface area (Å²) >= 11 is 0. The van der Waals surface area contributed by atoms with E-state index in [9.17, 15) is 0 Å². The van der Waals surface area contributed by atoms with Gasteiger partial charge in [-0.25, -0.2) is 4.98 Å². The molecule has 4 heteroatoms. The van der Waals surface area contributed by atoms with Crippen molar-refractivity contribution in [2.45, 2.75) is 6.42 Å². The van der Waals surface area contributed by atoms with Crippen molar-refractivity contribution in [2.75, 3.05) is 0 Å². The molecule has 0 amide bonds. The second kappa shape index (κ2) is 6.30. The molecule has 0 saturated heterocycles. The van der Waals surface area contributed by atoms with Crippen LogP contribution in [0.25, 0.3) is 16.7 Å². The fraction of sp³-hybridized carbons (Fsp3) is 0.0625. The first kappa shape index (κ1) is 14.2. The number of rotatable bonds is 3. The van der Waals surface area contributed by atoms with Crippen molar-refractivity contribution in [1.82, 2.24) is 4.98 Å². The minimum absolute atomic E-state index is 0. The summed E-state index contributed by atoms with van der Waals surface area (Å²) < 4.78 is 11.0. The summed E-state index contributed by atoms with van der Waals surface area (Å²) in [5, 5.41) is 1.10. The molecule has 20 heavy (non-hydrogen) atoms. The Balaban J connectivity index is 0.00000147. The molecule has 2 heterocycles. The van der Waals surface area contributed by atoms with E-state index in [0.717, 1.165) is 22.4 Å². The van der Waals surface area contributed by atoms with Gasteiger partial charge in [0.05, 0.1) is 5.52 Å². The lowest BCUT2D eigenvalue weighted by Crippen LogP contribution is -2.01. The highest BCUT2D eigenvalue weighted by Crippen LogP contribution is 2.27. The zero-order chi connectivity index (χ0) is 13.1. The lowest BCUT2D eigenvalue weighted by atomic mass is 10.1. The fourth-order valence-corrected chi connectivity index (χ4v) is 1.99. The molecule has 0 aliphatic carbocycles. The Labute approximate surface area is 124 Å². The molecular formula is C16H15NO2S. The SMILES string of the molecule is C=CCC1=C(c2ccc3ccccc3n2)OC=CO1.S. The minimum atomic E-state index is 0. The Morgan fingerprint density at radius 3 is 2.70 bits per heavy atom. The van der Waals surface area contributed by atoms with Crippen LogP contribution in [0.5, 0.6) is 0 Å². The number of fused-ring (bicyclic) bond motifs is 1. The van der Waals surface area contributed by atoms with Crippen LogP contribution < -0.4 is 0 Å². The molecule has 0 unspecified atom stereocenters. The molecular weight excluding hydrogens is 270 g/mol. The number of benzene rings is 1. The van der Waals surface area contributed by atoms with E-state index in [1.807, 2.05) is 36.4 Å². The summed E-state index contributed by atoms with van der Waals surface area (Å²) in [5.41, 5.74) is 1.70. The van der Waals surface area contributed by atoms with Gasteiger partial charge in [-0.15, -0.1) is 6.58 Å². The van der Waals surface area contributed by atoms with Crippen LogP contribution in [-0.2, 0) is 9.47 Å². The van der Waals surface area contributed by atoms with Crippen molar-refractivity contribution in [3.05, 3.63) is 73.0 Å². The Kier molecular flexibility index (Phi) is 4.48. The standard InChI is InChI=1S/C16H13NO2.H2S/c1-2-5-15-16(19-11-10-18-15)14-9-8-12-6-3-4-7-13(12)17-14;/h2-4,6-11H,1,5H2;1H2. The normalized spacial score (nSPS) is 13.4. The lowest BCUT2D eigenvalue weighted by molar-refractivity contribution is 0.270. The number of para-hydroxylation sites is 1. The first-order valence-electron chi connectivity index (χ1n) is 6.07. The molecule has 0 bridgehead atoms. The van der Waals surface area contributed by atoms with Gasteiger partial charge >= 0.3 is 0 Å². The summed E-state index contributed by atoms with van der Waals surface area (Å²) in [4.78, 5) is 4.60. The predicted molar refractivity (Wildman–Crippen MR) is 85.2 cm³/mol. The Hall–Kier alpha value is -2.20. The quantitative estimate of drug-likeness (QED) is 0.795. The number of nitrogens with zero attached hydrogens (tertiary/aromatic N) is 1. The topological polar surface area (TPSA) is 31.4 Å². The highest BCUT2D eigenvalue weighted by molar-refractivity contribution is 7.59. The molecule has 0 radical (unpaired) electrons. The highest BCUT2D eigenvalue weighted by Gasteiger charge is 2.15. The molecule has 1 aliphatic rings. The summed E-state index contributed by atoms with van der Waals surface area (Å²) in [6.07, 6.45) is 5.41. The fourth-order valence-electron chi connectivity index (χ4n) is 1.99. The maximum absolute atomic E-state index is 5.54. The molecule has 3 nitrogen and oxygen atoms in total. The highest BCUT2D eigenvalue weighted by atomic mass is 32.1. The third-order valence-corrected chi connectivity index (χ3v) is 2.87. The zero-order valence-electron chi connectivity index (χ0n) is 10.9. The minimum Gasteiger partial charge on any atom is -0.462 e. The van der Waals surface area contributed by atoms with Gasteiger partial charge in [-0.2, -0.15) is 13.5 Å². The monoisotopic (exact) mass is 285 g/mol. The van der Waals surface area contributed by atoms with Crippen LogP contribution in [0, 0.1) is 0 Å². The molecule has 102 valence electrons. The van der Waals surface area contributed by atoms with Crippen LogP contribution in [-0.4, -0.2) is 4.98 Å². The van der Waals surface area contributed by atoms with Crippen LogP contribution in [0.2, 0.25) is 0 Å². The second-order valence-electron chi connectivity index (χ2n) is 4.14. The van der Waals surface area contributed by atoms with Gasteiger partial charge < -0.3 is 9.47 Å². The number of hydrogen-bond acceptors (Lipinski definition) is 3. The molecule has 0 N–H and O–H groups in total. The van der Waals surface area contributed by atoms with Crippen LogP contribution >= 0.6 is 13.5 Å². The third kappa shape index (κ3) is 2.70. The van der Waals surface area contributed by atoms with E-state index in [0.29, 0.717) is 12.2 Å². The Morgan fingerprint density at radius 1 is 1.05 bits per heavy atom. The molecule has 0 fully saturated rings. The van der Waals surface area contributed by atoms with Crippen molar-refractivity contribution in [3.63, 3.8) is 0 Å². The van der Waals surface area contributed by atoms with Crippen molar-refractivity contribution in [1.29, 1.82) is 0 Å². The van der Waals surface area contributed by atoms with Crippen molar-refractivity contribution < 1.29 is 9.47 Å². The molecule has 1 aromatic heterocycles. The third-order valence-electron chi connectivity index (χ3n) is 2.87. The van der Waals surface area contributed by atoms with E-state index < -0.39 is 0 Å². The average molecular weight is 285 g/mol. The van der Waals surface area contributed by atoms with Crippen LogP contribution in [0.4, 0.5) is 0 Å². The van der Waals surface area contributed by atoms with Crippen LogP contribution in [0.15, 0.2) is 67.3 Å². The van der Waals surface area contributed by atoms with Crippen molar-refractivity contribution in [2.24, 2.45) is 0 Å². The Morgan fingerprint density at radius 2 is 1.85 bits per heavy atom. The largest absolute Gasteiger partial charge is 0.462 e. The summed E-state index contributed by atoms with van der Waals surface area (Å²) in [5.74, 6) is 1.37. The van der Waals surface area contributed by atoms with Crippen LogP contribution in [0.1, 0.15) is 12.1 Å². The van der Waals surface area contributed by atoms with Crippen LogP contribution in [0.3, 0.4) is 0 Å². The van der Waals surface area contributed by atoms with Gasteiger partial charge in [-0.1, -0.05) is 30.3 Å². The van der Waals surface area contributed by atoms with E-state index in [1.165, 1.54) is 12.5 Å². The van der Waals surface area contributed by atoms with E-state index >= 15 is 0 Å². The molecule has 0 atom stereocenters. The smallest absolute Gasteiger partial charge is 0.190 e. The molecule has 3 rings (SSSR count). The maximum atomic E-state index is 5.54. The summed E-state index contributed by atoms with van der Waals surface area (Å²) in [6, 6.07) is 11.9. The summed E-state index contributed by atoms with van der Waals surface area (Å²) in [6.45, 7) is 3.72. The van der Waals surface area contributed by atoms with Gasteiger partial charge in [0, 0.05) is 11.8 Å². The van der Waals surface area contributed by atoms with Gasteiger partial charge in [0.2, 0.25) is 0 Å². The van der Waals surface area contributed by atoms with E-state index in [-0.39, 0.29) is 13.5 Å². The van der Waals surface area contributed by atoms with Gasteiger partial charge in [0.1, 0.15) is 18.2 Å². The van der Waals surface area contributed by atoms with E-state index in [2.05, 4.69) is 11.6 Å². The van der Waals surface area contributed by atoms with Crippen molar-refractivity contribution >= 4 is 30.2 Å². The number of allylic oxidation sites excluding steroid dienone is 1. The molecule has 0 saturated carbocycles. The van der Waals surface area contributed by atoms with Crippen molar-refractivity contribution in [3.8, 4) is 0 Å². The summed E-state index contributed by atoms with van der Waals surface area (Å²) in [7, 11) is 0. The molecule has 1 aromatic carbocycles. The molecule has 2 aromatic rings. The number of aromatic nitrogens is 1. The van der Waals surface area contributed by atoms with Gasteiger partial charge in [-0.05, 0) is 12.1 Å². The average Bonchev–Trinajstić information content (AvgIpc) is 2.48. The first-order valence-corrected chi connectivity index (χ1v) is 6.07. The maximum Gasteiger partial charge on any atom is 0.190 e. The van der Waals surface area contributed by atoms with E-state index in [1.54, 1.807) is 6.08 Å². The number of hydrogen-bond donors (Lipinski definition) is 0. The zero-order valence-corrected chi connectivity index (χ0v) is 11.9. The lowest BCUT2D eigenvalue weighted by Gasteiger charge is -2.16. The molecule has 1 aliphatic heterocycles. The van der Waals surface area contributed by atoms with Gasteiger partial charge in [-0.3, -0.25) is 0 Å². The van der Waals surface area contributed by atoms with Gasteiger partial charge in [0.15, 0.2) is 11.5 Å². The van der Waals surface area contributed by atoms with Gasteiger partial charge in [0.25, 0.3) is 0 Å². The second-order valence-corrected chi connectivity index (χ2v) is 4.14.